The Kier molecular flexibility index (Phi) is 3.90. The Balaban J connectivity index is 1.76. The quantitative estimate of drug-likeness (QED) is 0.740. The van der Waals surface area contributed by atoms with Gasteiger partial charge in [0.1, 0.15) is 0 Å². The Labute approximate surface area is 121 Å². The van der Waals surface area contributed by atoms with Crippen LogP contribution in [0.15, 0.2) is 36.4 Å². The number of benzene rings is 1. The van der Waals surface area contributed by atoms with E-state index < -0.39 is 0 Å². The third-order valence-corrected chi connectivity index (χ3v) is 4.61. The summed E-state index contributed by atoms with van der Waals surface area (Å²) < 4.78 is 0. The molecule has 0 saturated heterocycles. The predicted octanol–water partition coefficient (Wildman–Crippen LogP) is 4.10. The van der Waals surface area contributed by atoms with E-state index in [-0.39, 0.29) is 11.9 Å². The summed E-state index contributed by atoms with van der Waals surface area (Å²) in [6, 6.07) is 8.49. The van der Waals surface area contributed by atoms with Crippen LogP contribution in [0.4, 0.5) is 5.69 Å². The van der Waals surface area contributed by atoms with E-state index in [4.69, 9.17) is 0 Å². The van der Waals surface area contributed by atoms with Crippen molar-refractivity contribution in [1.82, 2.24) is 0 Å². The predicted molar refractivity (Wildman–Crippen MR) is 82.8 cm³/mol. The molecule has 0 bridgehead atoms. The summed E-state index contributed by atoms with van der Waals surface area (Å²) in [6.45, 7) is 1.67. The van der Waals surface area contributed by atoms with Crippen LogP contribution >= 0.6 is 0 Å². The second kappa shape index (κ2) is 5.82. The third-order valence-electron chi connectivity index (χ3n) is 4.61. The highest BCUT2D eigenvalue weighted by molar-refractivity contribution is 5.95. The SMILES string of the molecule is CC(=O)N1c2ccccc2C[C@H]1/C=C/C1CCCCC1. The van der Waals surface area contributed by atoms with Crippen molar-refractivity contribution in [2.45, 2.75) is 51.5 Å². The number of hydrogen-bond acceptors (Lipinski definition) is 1. The van der Waals surface area contributed by atoms with Crippen molar-refractivity contribution in [3.63, 3.8) is 0 Å². The van der Waals surface area contributed by atoms with E-state index in [1.165, 1.54) is 37.7 Å². The molecule has 1 aromatic carbocycles. The molecule has 1 amide bonds. The normalized spacial score (nSPS) is 23.2. The van der Waals surface area contributed by atoms with Crippen LogP contribution in [-0.2, 0) is 11.2 Å². The minimum Gasteiger partial charge on any atom is -0.305 e. The first kappa shape index (κ1) is 13.4. The molecule has 1 heterocycles. The third kappa shape index (κ3) is 2.65. The second-order valence-corrected chi connectivity index (χ2v) is 6.07. The summed E-state index contributed by atoms with van der Waals surface area (Å²) in [7, 11) is 0. The molecule has 1 fully saturated rings. The minimum atomic E-state index is 0.147. The van der Waals surface area contributed by atoms with Gasteiger partial charge in [-0.05, 0) is 36.8 Å². The Morgan fingerprint density at radius 2 is 1.90 bits per heavy atom. The lowest BCUT2D eigenvalue weighted by atomic mass is 9.88. The summed E-state index contributed by atoms with van der Waals surface area (Å²) in [5.41, 5.74) is 2.39. The zero-order valence-electron chi connectivity index (χ0n) is 12.2. The van der Waals surface area contributed by atoms with Crippen LogP contribution in [0.5, 0.6) is 0 Å². The van der Waals surface area contributed by atoms with Gasteiger partial charge in [-0.2, -0.15) is 0 Å². The van der Waals surface area contributed by atoms with E-state index in [1.54, 1.807) is 6.92 Å². The molecule has 0 unspecified atom stereocenters. The molecule has 106 valence electrons. The van der Waals surface area contributed by atoms with Crippen molar-refractivity contribution < 1.29 is 4.79 Å². The number of carbonyl (C=O) groups is 1. The van der Waals surface area contributed by atoms with Gasteiger partial charge in [0.05, 0.1) is 6.04 Å². The highest BCUT2D eigenvalue weighted by atomic mass is 16.2. The van der Waals surface area contributed by atoms with E-state index in [0.717, 1.165) is 18.0 Å². The van der Waals surface area contributed by atoms with Crippen molar-refractivity contribution >= 4 is 11.6 Å². The van der Waals surface area contributed by atoms with Crippen molar-refractivity contribution in [1.29, 1.82) is 0 Å². The van der Waals surface area contributed by atoms with E-state index in [9.17, 15) is 4.79 Å². The molecule has 0 N–H and O–H groups in total. The van der Waals surface area contributed by atoms with Crippen molar-refractivity contribution in [2.75, 3.05) is 4.90 Å². The first-order valence-corrected chi connectivity index (χ1v) is 7.82. The minimum absolute atomic E-state index is 0.147. The molecule has 2 heteroatoms. The van der Waals surface area contributed by atoms with Gasteiger partial charge < -0.3 is 4.90 Å². The molecule has 0 radical (unpaired) electrons. The van der Waals surface area contributed by atoms with Crippen LogP contribution in [0.3, 0.4) is 0 Å². The molecule has 1 atom stereocenters. The van der Waals surface area contributed by atoms with E-state index in [2.05, 4.69) is 30.4 Å². The van der Waals surface area contributed by atoms with Crippen LogP contribution < -0.4 is 4.90 Å². The van der Waals surface area contributed by atoms with Gasteiger partial charge >= 0.3 is 0 Å². The number of hydrogen-bond donors (Lipinski definition) is 0. The molecule has 2 nitrogen and oxygen atoms in total. The van der Waals surface area contributed by atoms with Crippen LogP contribution in [0.2, 0.25) is 0 Å². The Morgan fingerprint density at radius 3 is 2.65 bits per heavy atom. The molecule has 0 spiro atoms. The van der Waals surface area contributed by atoms with Gasteiger partial charge in [-0.1, -0.05) is 49.6 Å². The second-order valence-electron chi connectivity index (χ2n) is 6.07. The smallest absolute Gasteiger partial charge is 0.224 e. The molecule has 1 saturated carbocycles. The summed E-state index contributed by atoms with van der Waals surface area (Å²) >= 11 is 0. The maximum absolute atomic E-state index is 12.0. The van der Waals surface area contributed by atoms with Gasteiger partial charge in [0.25, 0.3) is 0 Å². The number of carbonyl (C=O) groups excluding carboxylic acids is 1. The number of fused-ring (bicyclic) bond motifs is 1. The van der Waals surface area contributed by atoms with Gasteiger partial charge in [0, 0.05) is 12.6 Å². The summed E-state index contributed by atoms with van der Waals surface area (Å²) in [4.78, 5) is 13.9. The van der Waals surface area contributed by atoms with Crippen LogP contribution in [-0.4, -0.2) is 11.9 Å². The Hall–Kier alpha value is -1.57. The van der Waals surface area contributed by atoms with Crippen molar-refractivity contribution in [3.05, 3.63) is 42.0 Å². The molecular weight excluding hydrogens is 246 g/mol. The first-order chi connectivity index (χ1) is 9.75. The number of allylic oxidation sites excluding steroid dienone is 1. The van der Waals surface area contributed by atoms with Gasteiger partial charge in [0.15, 0.2) is 0 Å². The van der Waals surface area contributed by atoms with E-state index in [1.807, 2.05) is 11.0 Å². The molecule has 2 aliphatic rings. The number of amides is 1. The van der Waals surface area contributed by atoms with Crippen LogP contribution in [0, 0.1) is 5.92 Å². The van der Waals surface area contributed by atoms with E-state index >= 15 is 0 Å². The zero-order valence-corrected chi connectivity index (χ0v) is 12.2. The standard InChI is InChI=1S/C18H23NO/c1-14(20)19-17(12-11-15-7-3-2-4-8-15)13-16-9-5-6-10-18(16)19/h5-6,9-12,15,17H,2-4,7-8,13H2,1H3/b12-11+/t17-/m1/s1. The van der Waals surface area contributed by atoms with E-state index in [0.29, 0.717) is 0 Å². The fourth-order valence-electron chi connectivity index (χ4n) is 3.58. The highest BCUT2D eigenvalue weighted by Gasteiger charge is 2.30. The van der Waals surface area contributed by atoms with Crippen LogP contribution in [0.1, 0.15) is 44.6 Å². The van der Waals surface area contributed by atoms with Gasteiger partial charge in [-0.3, -0.25) is 4.79 Å². The maximum Gasteiger partial charge on any atom is 0.224 e. The summed E-state index contributed by atoms with van der Waals surface area (Å²) in [5, 5.41) is 0. The fraction of sp³-hybridized carbons (Fsp3) is 0.500. The van der Waals surface area contributed by atoms with Crippen LogP contribution in [0.25, 0.3) is 0 Å². The maximum atomic E-state index is 12.0. The molecule has 1 aliphatic carbocycles. The fourth-order valence-corrected chi connectivity index (χ4v) is 3.58. The largest absolute Gasteiger partial charge is 0.305 e. The average molecular weight is 269 g/mol. The van der Waals surface area contributed by atoms with Crippen molar-refractivity contribution in [3.8, 4) is 0 Å². The highest BCUT2D eigenvalue weighted by Crippen LogP contribution is 2.33. The topological polar surface area (TPSA) is 20.3 Å². The molecule has 1 aromatic rings. The van der Waals surface area contributed by atoms with Gasteiger partial charge in [-0.25, -0.2) is 0 Å². The van der Waals surface area contributed by atoms with Gasteiger partial charge in [0.2, 0.25) is 5.91 Å². The molecular formula is C18H23NO. The zero-order chi connectivity index (χ0) is 13.9. The lowest BCUT2D eigenvalue weighted by molar-refractivity contribution is -0.116. The summed E-state index contributed by atoms with van der Waals surface area (Å²) in [5.74, 6) is 0.870. The Bertz CT molecular complexity index is 514. The monoisotopic (exact) mass is 269 g/mol. The summed E-state index contributed by atoms with van der Waals surface area (Å²) in [6.07, 6.45) is 12.3. The number of para-hydroxylation sites is 1. The molecule has 0 aromatic heterocycles. The molecule has 20 heavy (non-hydrogen) atoms. The number of nitrogens with zero attached hydrogens (tertiary/aromatic N) is 1. The average Bonchev–Trinajstić information content (AvgIpc) is 2.84. The van der Waals surface area contributed by atoms with Crippen molar-refractivity contribution in [2.24, 2.45) is 5.92 Å². The Morgan fingerprint density at radius 1 is 1.15 bits per heavy atom. The lowest BCUT2D eigenvalue weighted by Crippen LogP contribution is -2.34. The number of rotatable bonds is 2. The lowest BCUT2D eigenvalue weighted by Gasteiger charge is -2.23. The molecule has 1 aliphatic heterocycles. The van der Waals surface area contributed by atoms with Gasteiger partial charge in [-0.15, -0.1) is 0 Å². The number of anilines is 1. The first-order valence-electron chi connectivity index (χ1n) is 7.82. The molecule has 3 rings (SSSR count).